The number of hydrogen-bond acceptors (Lipinski definition) is 5. The van der Waals surface area contributed by atoms with Gasteiger partial charge in [-0.15, -0.1) is 11.3 Å². The second-order valence-electron chi connectivity index (χ2n) is 8.15. The van der Waals surface area contributed by atoms with Crippen molar-refractivity contribution in [3.8, 4) is 0 Å². The van der Waals surface area contributed by atoms with Gasteiger partial charge in [-0.3, -0.25) is 9.69 Å². The number of ether oxygens (including phenoxy) is 1. The molecule has 1 fully saturated rings. The zero-order chi connectivity index (χ0) is 21.8. The summed E-state index contributed by atoms with van der Waals surface area (Å²) in [5.74, 6) is 0.597. The van der Waals surface area contributed by atoms with Crippen molar-refractivity contribution in [2.24, 2.45) is 0 Å². The van der Waals surface area contributed by atoms with Gasteiger partial charge >= 0.3 is 0 Å². The topological polar surface area (TPSA) is 54.7 Å². The Balaban J connectivity index is 1.73. The molecule has 3 heterocycles. The highest BCUT2D eigenvalue weighted by Crippen LogP contribution is 2.40. The van der Waals surface area contributed by atoms with Crippen LogP contribution in [0.2, 0.25) is 0 Å². The number of furan rings is 1. The average Bonchev–Trinajstić information content (AvgIpc) is 3.46. The predicted octanol–water partition coefficient (Wildman–Crippen LogP) is 5.70. The molecule has 1 aliphatic rings. The molecule has 4 rings (SSSR count). The number of amides is 1. The van der Waals surface area contributed by atoms with Crippen molar-refractivity contribution < 1.29 is 13.9 Å². The zero-order valence-electron chi connectivity index (χ0n) is 18.4. The molecule has 0 saturated carbocycles. The van der Waals surface area contributed by atoms with Crippen LogP contribution in [0.5, 0.6) is 0 Å². The van der Waals surface area contributed by atoms with Crippen molar-refractivity contribution in [2.45, 2.75) is 39.2 Å². The Labute approximate surface area is 188 Å². The molecule has 164 valence electrons. The summed E-state index contributed by atoms with van der Waals surface area (Å²) in [6.45, 7) is 9.74. The van der Waals surface area contributed by atoms with Crippen LogP contribution in [0.25, 0.3) is 0 Å². The Bertz CT molecular complexity index is 986. The lowest BCUT2D eigenvalue weighted by atomic mass is 9.94. The molecular formula is C25H30N2O3S. The van der Waals surface area contributed by atoms with E-state index in [0.717, 1.165) is 43.3 Å². The van der Waals surface area contributed by atoms with Gasteiger partial charge in [0.25, 0.3) is 5.91 Å². The molecule has 0 aliphatic carbocycles. The summed E-state index contributed by atoms with van der Waals surface area (Å²) in [5, 5.41) is 4.01. The van der Waals surface area contributed by atoms with E-state index in [1.165, 1.54) is 22.3 Å². The van der Waals surface area contributed by atoms with Crippen LogP contribution in [0.15, 0.2) is 53.1 Å². The maximum absolute atomic E-state index is 12.7. The van der Waals surface area contributed by atoms with E-state index in [0.29, 0.717) is 11.7 Å². The van der Waals surface area contributed by atoms with Gasteiger partial charge in [0.1, 0.15) is 5.00 Å². The minimum Gasteiger partial charge on any atom is -0.459 e. The van der Waals surface area contributed by atoms with E-state index in [9.17, 15) is 4.79 Å². The van der Waals surface area contributed by atoms with Gasteiger partial charge in [0.2, 0.25) is 0 Å². The van der Waals surface area contributed by atoms with Crippen molar-refractivity contribution in [3.63, 3.8) is 0 Å². The summed E-state index contributed by atoms with van der Waals surface area (Å²) in [4.78, 5) is 16.5. The van der Waals surface area contributed by atoms with Gasteiger partial charge in [-0.2, -0.15) is 0 Å². The summed E-state index contributed by atoms with van der Waals surface area (Å²) in [6, 6.07) is 14.6. The highest BCUT2D eigenvalue weighted by atomic mass is 32.1. The molecule has 3 aromatic rings. The van der Waals surface area contributed by atoms with Crippen LogP contribution < -0.4 is 5.32 Å². The second-order valence-corrected chi connectivity index (χ2v) is 9.29. The molecule has 2 aromatic heterocycles. The van der Waals surface area contributed by atoms with Gasteiger partial charge in [0, 0.05) is 23.5 Å². The van der Waals surface area contributed by atoms with E-state index >= 15 is 0 Å². The van der Waals surface area contributed by atoms with Crippen LogP contribution in [0, 0.1) is 0 Å². The van der Waals surface area contributed by atoms with Crippen molar-refractivity contribution >= 4 is 22.2 Å². The van der Waals surface area contributed by atoms with Crippen molar-refractivity contribution in [1.82, 2.24) is 4.90 Å². The summed E-state index contributed by atoms with van der Waals surface area (Å²) in [6.07, 6.45) is 2.45. The molecule has 31 heavy (non-hydrogen) atoms. The first-order valence-electron chi connectivity index (χ1n) is 11.0. The Hall–Kier alpha value is -2.41. The Morgan fingerprint density at radius 1 is 1.13 bits per heavy atom. The first kappa shape index (κ1) is 21.8. The number of benzene rings is 1. The van der Waals surface area contributed by atoms with Crippen LogP contribution in [0.4, 0.5) is 5.00 Å². The maximum Gasteiger partial charge on any atom is 0.291 e. The molecule has 1 aliphatic heterocycles. The van der Waals surface area contributed by atoms with Gasteiger partial charge in [-0.25, -0.2) is 0 Å². The highest BCUT2D eigenvalue weighted by molar-refractivity contribution is 7.16. The van der Waals surface area contributed by atoms with E-state index in [1.807, 2.05) is 0 Å². The van der Waals surface area contributed by atoms with E-state index in [-0.39, 0.29) is 11.9 Å². The van der Waals surface area contributed by atoms with Gasteiger partial charge in [-0.1, -0.05) is 45.0 Å². The van der Waals surface area contributed by atoms with E-state index in [1.54, 1.807) is 23.5 Å². The molecule has 5 nitrogen and oxygen atoms in total. The fourth-order valence-corrected chi connectivity index (χ4v) is 5.02. The summed E-state index contributed by atoms with van der Waals surface area (Å²) >= 11 is 1.65. The van der Waals surface area contributed by atoms with E-state index in [4.69, 9.17) is 9.15 Å². The third-order valence-electron chi connectivity index (χ3n) is 5.76. The monoisotopic (exact) mass is 438 g/mol. The molecule has 0 spiro atoms. The first-order chi connectivity index (χ1) is 15.1. The average molecular weight is 439 g/mol. The number of anilines is 1. The number of thiophene rings is 1. The molecular weight excluding hydrogens is 408 g/mol. The minimum absolute atomic E-state index is 0.0635. The SMILES string of the molecule is CCc1cc(C(c2ccc(C(C)C)cc2)N2CCOCC2)c(NC(=O)c2ccco2)s1. The second kappa shape index (κ2) is 9.81. The Kier molecular flexibility index (Phi) is 6.90. The van der Waals surface area contributed by atoms with E-state index in [2.05, 4.69) is 61.3 Å². The maximum atomic E-state index is 12.7. The first-order valence-corrected chi connectivity index (χ1v) is 11.8. The zero-order valence-corrected chi connectivity index (χ0v) is 19.2. The van der Waals surface area contributed by atoms with Gasteiger partial charge in [-0.05, 0) is 41.7 Å². The number of morpholine rings is 1. The standard InChI is InChI=1S/C25H30N2O3S/c1-4-20-16-21(25(31-20)26-24(28)22-6-5-13-30-22)23(27-11-14-29-15-12-27)19-9-7-18(8-10-19)17(2)3/h5-10,13,16-17,23H,4,11-12,14-15H2,1-3H3,(H,26,28). The third kappa shape index (κ3) is 4.92. The largest absolute Gasteiger partial charge is 0.459 e. The minimum atomic E-state index is -0.216. The van der Waals surface area contributed by atoms with Crippen LogP contribution in [-0.2, 0) is 11.2 Å². The lowest BCUT2D eigenvalue weighted by Crippen LogP contribution is -2.39. The van der Waals surface area contributed by atoms with E-state index < -0.39 is 0 Å². The number of hydrogen-bond donors (Lipinski definition) is 1. The number of aryl methyl sites for hydroxylation is 1. The molecule has 0 bridgehead atoms. The van der Waals surface area contributed by atoms with Crippen molar-refractivity contribution in [1.29, 1.82) is 0 Å². The van der Waals surface area contributed by atoms with Crippen molar-refractivity contribution in [2.75, 3.05) is 31.6 Å². The lowest BCUT2D eigenvalue weighted by Gasteiger charge is -2.35. The van der Waals surface area contributed by atoms with Gasteiger partial charge in [0.15, 0.2) is 5.76 Å². The smallest absolute Gasteiger partial charge is 0.291 e. The number of rotatable bonds is 7. The normalized spacial score (nSPS) is 15.9. The lowest BCUT2D eigenvalue weighted by molar-refractivity contribution is 0.0241. The number of carbonyl (C=O) groups is 1. The third-order valence-corrected chi connectivity index (χ3v) is 6.97. The Morgan fingerprint density at radius 3 is 2.45 bits per heavy atom. The molecule has 6 heteroatoms. The van der Waals surface area contributed by atoms with Gasteiger partial charge in [0.05, 0.1) is 25.5 Å². The molecule has 0 radical (unpaired) electrons. The Morgan fingerprint density at radius 2 is 1.84 bits per heavy atom. The van der Waals surface area contributed by atoms with Crippen LogP contribution in [0.1, 0.15) is 64.9 Å². The molecule has 1 aromatic carbocycles. The van der Waals surface area contributed by atoms with Crippen molar-refractivity contribution in [3.05, 3.63) is 76.1 Å². The molecule has 1 amide bonds. The fraction of sp³-hybridized carbons (Fsp3) is 0.400. The fourth-order valence-electron chi connectivity index (χ4n) is 3.99. The van der Waals surface area contributed by atoms with Crippen LogP contribution in [-0.4, -0.2) is 37.1 Å². The number of nitrogens with zero attached hydrogens (tertiary/aromatic N) is 1. The summed E-state index contributed by atoms with van der Waals surface area (Å²) in [7, 11) is 0. The van der Waals surface area contributed by atoms with Crippen LogP contribution in [0.3, 0.4) is 0 Å². The molecule has 1 N–H and O–H groups in total. The molecule has 1 unspecified atom stereocenters. The quantitative estimate of drug-likeness (QED) is 0.514. The molecule has 1 saturated heterocycles. The van der Waals surface area contributed by atoms with Gasteiger partial charge < -0.3 is 14.5 Å². The number of nitrogens with one attached hydrogen (secondary N) is 1. The summed E-state index contributed by atoms with van der Waals surface area (Å²) < 4.78 is 10.9. The number of carbonyl (C=O) groups excluding carboxylic acids is 1. The predicted molar refractivity (Wildman–Crippen MR) is 125 cm³/mol. The summed E-state index contributed by atoms with van der Waals surface area (Å²) in [5.41, 5.74) is 3.71. The molecule has 1 atom stereocenters. The highest BCUT2D eigenvalue weighted by Gasteiger charge is 2.29. The van der Waals surface area contributed by atoms with Crippen LogP contribution >= 0.6 is 11.3 Å².